The van der Waals surface area contributed by atoms with Gasteiger partial charge in [-0.1, -0.05) is 26.8 Å². The van der Waals surface area contributed by atoms with Crippen LogP contribution in [-0.4, -0.2) is 13.1 Å². The first-order valence-corrected chi connectivity index (χ1v) is 5.92. The molecule has 0 aliphatic rings. The predicted octanol–water partition coefficient (Wildman–Crippen LogP) is 3.26. The van der Waals surface area contributed by atoms with E-state index in [-0.39, 0.29) is 5.41 Å². The fraction of sp³-hybridized carbons (Fsp3) is 0.571. The zero-order valence-electron chi connectivity index (χ0n) is 10.6. The van der Waals surface area contributed by atoms with Crippen LogP contribution in [0, 0.1) is 11.3 Å². The standard InChI is InChI=1S/C14H23NO/c1-5-14(4,11-15-10-12(2)3)9-13-7-6-8-16-13/h5-8,12,15H,1,9-11H2,2-4H3. The molecule has 1 unspecified atom stereocenters. The maximum atomic E-state index is 5.38. The summed E-state index contributed by atoms with van der Waals surface area (Å²) in [5, 5.41) is 3.48. The van der Waals surface area contributed by atoms with Crippen LogP contribution in [0.2, 0.25) is 0 Å². The molecule has 2 nitrogen and oxygen atoms in total. The topological polar surface area (TPSA) is 25.2 Å². The zero-order chi connectivity index (χ0) is 12.0. The predicted molar refractivity (Wildman–Crippen MR) is 68.4 cm³/mol. The van der Waals surface area contributed by atoms with Crippen molar-refractivity contribution in [3.05, 3.63) is 36.8 Å². The summed E-state index contributed by atoms with van der Waals surface area (Å²) in [6.07, 6.45) is 4.64. The first kappa shape index (κ1) is 13.0. The van der Waals surface area contributed by atoms with Crippen molar-refractivity contribution in [1.29, 1.82) is 0 Å². The molecular weight excluding hydrogens is 198 g/mol. The molecule has 1 aromatic heterocycles. The fourth-order valence-corrected chi connectivity index (χ4v) is 1.66. The summed E-state index contributed by atoms with van der Waals surface area (Å²) in [7, 11) is 0. The summed E-state index contributed by atoms with van der Waals surface area (Å²) < 4.78 is 5.38. The molecule has 1 heterocycles. The van der Waals surface area contributed by atoms with Gasteiger partial charge in [0.05, 0.1) is 6.26 Å². The van der Waals surface area contributed by atoms with E-state index in [1.165, 1.54) is 0 Å². The maximum absolute atomic E-state index is 5.38. The van der Waals surface area contributed by atoms with Crippen molar-refractivity contribution in [3.8, 4) is 0 Å². The van der Waals surface area contributed by atoms with Gasteiger partial charge in [0.2, 0.25) is 0 Å². The second-order valence-electron chi connectivity index (χ2n) is 5.14. The normalized spacial score (nSPS) is 15.0. The first-order chi connectivity index (χ1) is 7.56. The van der Waals surface area contributed by atoms with E-state index in [9.17, 15) is 0 Å². The lowest BCUT2D eigenvalue weighted by molar-refractivity contribution is 0.346. The number of nitrogens with one attached hydrogen (secondary N) is 1. The van der Waals surface area contributed by atoms with Crippen LogP contribution < -0.4 is 5.32 Å². The van der Waals surface area contributed by atoms with Gasteiger partial charge in [0, 0.05) is 18.4 Å². The van der Waals surface area contributed by atoms with Crippen molar-refractivity contribution >= 4 is 0 Å². The van der Waals surface area contributed by atoms with Crippen molar-refractivity contribution < 1.29 is 4.42 Å². The quantitative estimate of drug-likeness (QED) is 0.715. The Morgan fingerprint density at radius 3 is 2.81 bits per heavy atom. The van der Waals surface area contributed by atoms with Crippen molar-refractivity contribution in [1.82, 2.24) is 5.32 Å². The highest BCUT2D eigenvalue weighted by atomic mass is 16.3. The fourth-order valence-electron chi connectivity index (χ4n) is 1.66. The van der Waals surface area contributed by atoms with Crippen LogP contribution in [0.4, 0.5) is 0 Å². The van der Waals surface area contributed by atoms with Gasteiger partial charge in [-0.25, -0.2) is 0 Å². The zero-order valence-corrected chi connectivity index (χ0v) is 10.6. The molecule has 0 amide bonds. The first-order valence-electron chi connectivity index (χ1n) is 5.92. The average Bonchev–Trinajstić information content (AvgIpc) is 2.69. The van der Waals surface area contributed by atoms with Crippen LogP contribution in [0.5, 0.6) is 0 Å². The molecule has 1 atom stereocenters. The van der Waals surface area contributed by atoms with Crippen molar-refractivity contribution in [2.24, 2.45) is 11.3 Å². The Hall–Kier alpha value is -1.02. The molecule has 1 N–H and O–H groups in total. The third-order valence-corrected chi connectivity index (χ3v) is 2.73. The maximum Gasteiger partial charge on any atom is 0.104 e. The molecule has 0 spiro atoms. The summed E-state index contributed by atoms with van der Waals surface area (Å²) in [5.74, 6) is 1.70. The molecule has 1 aromatic rings. The van der Waals surface area contributed by atoms with Gasteiger partial charge < -0.3 is 9.73 Å². The summed E-state index contributed by atoms with van der Waals surface area (Å²) in [5.41, 5.74) is 0.0622. The molecule has 16 heavy (non-hydrogen) atoms. The minimum absolute atomic E-state index is 0.0622. The summed E-state index contributed by atoms with van der Waals surface area (Å²) in [4.78, 5) is 0. The van der Waals surface area contributed by atoms with E-state index in [0.717, 1.165) is 25.3 Å². The highest BCUT2D eigenvalue weighted by Gasteiger charge is 2.21. The molecule has 0 bridgehead atoms. The van der Waals surface area contributed by atoms with E-state index in [2.05, 4.69) is 32.7 Å². The van der Waals surface area contributed by atoms with E-state index >= 15 is 0 Å². The van der Waals surface area contributed by atoms with Crippen LogP contribution in [0.25, 0.3) is 0 Å². The Labute approximate surface area is 98.7 Å². The SMILES string of the molecule is C=CC(C)(CNCC(C)C)Cc1ccco1. The van der Waals surface area contributed by atoms with Crippen LogP contribution in [0.3, 0.4) is 0 Å². The molecule has 90 valence electrons. The molecule has 0 aliphatic heterocycles. The van der Waals surface area contributed by atoms with Gasteiger partial charge in [-0.3, -0.25) is 0 Å². The highest BCUT2D eigenvalue weighted by Crippen LogP contribution is 2.23. The van der Waals surface area contributed by atoms with Crippen LogP contribution in [-0.2, 0) is 6.42 Å². The summed E-state index contributed by atoms with van der Waals surface area (Å²) in [6, 6.07) is 3.95. The van der Waals surface area contributed by atoms with Crippen LogP contribution >= 0.6 is 0 Å². The molecule has 0 aliphatic carbocycles. The number of hydrogen-bond acceptors (Lipinski definition) is 2. The van der Waals surface area contributed by atoms with Crippen molar-refractivity contribution in [2.45, 2.75) is 27.2 Å². The van der Waals surface area contributed by atoms with Gasteiger partial charge in [-0.2, -0.15) is 0 Å². The minimum atomic E-state index is 0.0622. The Balaban J connectivity index is 2.46. The van der Waals surface area contributed by atoms with Gasteiger partial charge in [-0.05, 0) is 24.6 Å². The van der Waals surface area contributed by atoms with Crippen LogP contribution in [0.15, 0.2) is 35.5 Å². The Morgan fingerprint density at radius 1 is 1.56 bits per heavy atom. The van der Waals surface area contributed by atoms with Gasteiger partial charge in [0.15, 0.2) is 0 Å². The molecule has 0 saturated carbocycles. The summed E-state index contributed by atoms with van der Waals surface area (Å²) >= 11 is 0. The average molecular weight is 221 g/mol. The van der Waals surface area contributed by atoms with E-state index in [0.29, 0.717) is 5.92 Å². The third kappa shape index (κ3) is 4.23. The lowest BCUT2D eigenvalue weighted by Crippen LogP contribution is -2.33. The van der Waals surface area contributed by atoms with E-state index < -0.39 is 0 Å². The molecule has 0 aromatic carbocycles. The largest absolute Gasteiger partial charge is 0.469 e. The molecular formula is C14H23NO. The van der Waals surface area contributed by atoms with E-state index in [4.69, 9.17) is 4.42 Å². The second kappa shape index (κ2) is 5.90. The second-order valence-corrected chi connectivity index (χ2v) is 5.14. The van der Waals surface area contributed by atoms with E-state index in [1.54, 1.807) is 6.26 Å². The third-order valence-electron chi connectivity index (χ3n) is 2.73. The Bertz CT molecular complexity index is 303. The smallest absolute Gasteiger partial charge is 0.104 e. The molecule has 0 saturated heterocycles. The molecule has 0 fully saturated rings. The lowest BCUT2D eigenvalue weighted by Gasteiger charge is -2.25. The van der Waals surface area contributed by atoms with Crippen molar-refractivity contribution in [2.75, 3.05) is 13.1 Å². The number of rotatable bonds is 7. The van der Waals surface area contributed by atoms with Crippen LogP contribution in [0.1, 0.15) is 26.5 Å². The highest BCUT2D eigenvalue weighted by molar-refractivity contribution is 5.06. The van der Waals surface area contributed by atoms with E-state index in [1.807, 2.05) is 18.2 Å². The van der Waals surface area contributed by atoms with Gasteiger partial charge in [0.25, 0.3) is 0 Å². The van der Waals surface area contributed by atoms with Crippen molar-refractivity contribution in [3.63, 3.8) is 0 Å². The minimum Gasteiger partial charge on any atom is -0.469 e. The molecule has 0 radical (unpaired) electrons. The van der Waals surface area contributed by atoms with Gasteiger partial charge >= 0.3 is 0 Å². The number of hydrogen-bond donors (Lipinski definition) is 1. The van der Waals surface area contributed by atoms with Gasteiger partial charge in [0.1, 0.15) is 5.76 Å². The monoisotopic (exact) mass is 221 g/mol. The summed E-state index contributed by atoms with van der Waals surface area (Å²) in [6.45, 7) is 12.5. The number of furan rings is 1. The molecule has 2 heteroatoms. The molecule has 1 rings (SSSR count). The van der Waals surface area contributed by atoms with Gasteiger partial charge in [-0.15, -0.1) is 6.58 Å². The Kier molecular flexibility index (Phi) is 4.81. The lowest BCUT2D eigenvalue weighted by atomic mass is 9.85. The Morgan fingerprint density at radius 2 is 2.31 bits per heavy atom.